The van der Waals surface area contributed by atoms with Crippen LogP contribution >= 0.6 is 0 Å². The van der Waals surface area contributed by atoms with Crippen molar-refractivity contribution in [2.45, 2.75) is 0 Å². The normalized spacial score (nSPS) is 16.6. The quantitative estimate of drug-likeness (QED) is 0.685. The van der Waals surface area contributed by atoms with Crippen LogP contribution in [0, 0.1) is 10.4 Å². The zero-order chi connectivity index (χ0) is 9.80. The minimum Gasteiger partial charge on any atom is -0.496 e. The Morgan fingerprint density at radius 2 is 1.71 bits per heavy atom. The zero-order valence-corrected chi connectivity index (χ0v) is 8.29. The van der Waals surface area contributed by atoms with Gasteiger partial charge in [0.2, 0.25) is 0 Å². The van der Waals surface area contributed by atoms with Crippen molar-refractivity contribution in [1.82, 2.24) is 0 Å². The summed E-state index contributed by atoms with van der Waals surface area (Å²) in [5.41, 5.74) is 0. The monoisotopic (exact) mass is 194 g/mol. The van der Waals surface area contributed by atoms with E-state index in [0.29, 0.717) is 0 Å². The summed E-state index contributed by atoms with van der Waals surface area (Å²) >= 11 is 0. The van der Waals surface area contributed by atoms with Gasteiger partial charge >= 0.3 is 0 Å². The molecule has 0 radical (unpaired) electrons. The third kappa shape index (κ3) is 1.89. The molecule has 0 bridgehead atoms. The van der Waals surface area contributed by atoms with Crippen molar-refractivity contribution < 1.29 is 14.2 Å². The third-order valence-electron chi connectivity index (χ3n) is 2.26. The van der Waals surface area contributed by atoms with Gasteiger partial charge in [0.15, 0.2) is 0 Å². The Morgan fingerprint density at radius 1 is 1.07 bits per heavy atom. The summed E-state index contributed by atoms with van der Waals surface area (Å²) in [7, 11) is 1.70. The molecule has 0 atom stereocenters. The second-order valence-corrected chi connectivity index (χ2v) is 3.14. The third-order valence-corrected chi connectivity index (χ3v) is 2.26. The van der Waals surface area contributed by atoms with Gasteiger partial charge in [-0.1, -0.05) is 12.1 Å². The summed E-state index contributed by atoms with van der Waals surface area (Å²) in [5.74, 6) is 1.03. The maximum absolute atomic E-state index is 4.97. The van der Waals surface area contributed by atoms with E-state index in [1.165, 1.54) is 10.4 Å². The van der Waals surface area contributed by atoms with Crippen molar-refractivity contribution in [3.8, 4) is 5.75 Å². The summed E-state index contributed by atoms with van der Waals surface area (Å²) in [6.07, 6.45) is 0. The van der Waals surface area contributed by atoms with E-state index in [1.807, 2.05) is 6.07 Å². The van der Waals surface area contributed by atoms with Crippen molar-refractivity contribution in [2.24, 2.45) is 0 Å². The van der Waals surface area contributed by atoms with Crippen LogP contribution in [0.3, 0.4) is 0 Å². The van der Waals surface area contributed by atoms with Gasteiger partial charge in [-0.25, -0.2) is 0 Å². The summed E-state index contributed by atoms with van der Waals surface area (Å²) < 4.78 is 14.9. The van der Waals surface area contributed by atoms with Gasteiger partial charge in [0.1, 0.15) is 5.75 Å². The lowest BCUT2D eigenvalue weighted by molar-refractivity contribution is -0.0334. The standard InChI is InChI=1S/C7H6O.C4H8O2/c1-8-7-4-5-2-3-6(5)7;1-2-6-4-3-5-1/h2-4H,1H3;1-4H2. The van der Waals surface area contributed by atoms with E-state index in [-0.39, 0.29) is 0 Å². The minimum absolute atomic E-state index is 0.778. The molecule has 14 heavy (non-hydrogen) atoms. The summed E-state index contributed by atoms with van der Waals surface area (Å²) in [4.78, 5) is 0. The van der Waals surface area contributed by atoms with Gasteiger partial charge in [0.05, 0.1) is 33.5 Å². The first-order valence-corrected chi connectivity index (χ1v) is 4.76. The average molecular weight is 194 g/mol. The molecule has 0 aromatic carbocycles. The molecule has 1 saturated heterocycles. The highest BCUT2D eigenvalue weighted by molar-refractivity contribution is 5.38. The highest BCUT2D eigenvalue weighted by Crippen LogP contribution is 2.22. The van der Waals surface area contributed by atoms with Crippen LogP contribution < -0.4 is 4.74 Å². The van der Waals surface area contributed by atoms with Crippen molar-refractivity contribution in [1.29, 1.82) is 0 Å². The van der Waals surface area contributed by atoms with Crippen LogP contribution in [0.2, 0.25) is 0 Å². The van der Waals surface area contributed by atoms with Crippen LogP contribution in [0.25, 0.3) is 0 Å². The lowest BCUT2D eigenvalue weighted by atomic mass is 10.1. The Kier molecular flexibility index (Phi) is 3.01. The topological polar surface area (TPSA) is 27.7 Å². The first-order chi connectivity index (χ1) is 6.92. The van der Waals surface area contributed by atoms with Crippen molar-refractivity contribution in [3.05, 3.63) is 28.6 Å². The molecule has 1 fully saturated rings. The maximum atomic E-state index is 4.97. The summed E-state index contributed by atoms with van der Waals surface area (Å²) in [6.45, 7) is 3.11. The predicted octanol–water partition coefficient (Wildman–Crippen LogP) is 1.33. The molecule has 1 aliphatic heterocycles. The van der Waals surface area contributed by atoms with Gasteiger partial charge in [-0.15, -0.1) is 0 Å². The highest BCUT2D eigenvalue weighted by atomic mass is 16.6. The van der Waals surface area contributed by atoms with Crippen LogP contribution in [0.5, 0.6) is 5.75 Å². The minimum atomic E-state index is 0.778. The fourth-order valence-corrected chi connectivity index (χ4v) is 1.36. The lowest BCUT2D eigenvalue weighted by Gasteiger charge is -2.09. The smallest absolute Gasteiger partial charge is 0.127 e. The molecule has 0 spiro atoms. The molecule has 0 aromatic rings. The molecule has 0 N–H and O–H groups in total. The predicted molar refractivity (Wildman–Crippen MR) is 52.3 cm³/mol. The van der Waals surface area contributed by atoms with E-state index < -0.39 is 0 Å². The van der Waals surface area contributed by atoms with Gasteiger partial charge in [-0.05, 0) is 11.3 Å². The van der Waals surface area contributed by atoms with Crippen molar-refractivity contribution in [2.75, 3.05) is 33.5 Å². The van der Waals surface area contributed by atoms with Crippen LogP contribution in [-0.4, -0.2) is 33.5 Å². The molecule has 3 nitrogen and oxygen atoms in total. The van der Waals surface area contributed by atoms with E-state index in [2.05, 4.69) is 12.1 Å². The number of ether oxygens (including phenoxy) is 3. The number of methoxy groups -OCH3 is 1. The molecule has 1 heterocycles. The molecule has 3 rings (SSSR count). The fourth-order valence-electron chi connectivity index (χ4n) is 1.36. The first-order valence-electron chi connectivity index (χ1n) is 4.76. The molecule has 3 heteroatoms. The van der Waals surface area contributed by atoms with Crippen molar-refractivity contribution >= 4 is 0 Å². The zero-order valence-electron chi connectivity index (χ0n) is 8.29. The molecule has 0 saturated carbocycles. The highest BCUT2D eigenvalue weighted by Gasteiger charge is 2.03. The van der Waals surface area contributed by atoms with Gasteiger partial charge in [-0.3, -0.25) is 0 Å². The maximum Gasteiger partial charge on any atom is 0.127 e. The van der Waals surface area contributed by atoms with Gasteiger partial charge in [0.25, 0.3) is 0 Å². The van der Waals surface area contributed by atoms with E-state index in [9.17, 15) is 0 Å². The molecule has 0 amide bonds. The number of hydrogen-bond acceptors (Lipinski definition) is 3. The molecule has 2 aliphatic carbocycles. The molecule has 0 aromatic heterocycles. The SMILES string of the molecule is C1COCCO1.COc1cc2ccc1=2. The van der Waals surface area contributed by atoms with E-state index in [1.54, 1.807) is 7.11 Å². The summed E-state index contributed by atoms with van der Waals surface area (Å²) in [6, 6.07) is 6.18. The molecule has 0 unspecified atom stereocenters. The average Bonchev–Trinajstić information content (AvgIpc) is 2.25. The first kappa shape index (κ1) is 9.49. The molecule has 76 valence electrons. The van der Waals surface area contributed by atoms with E-state index >= 15 is 0 Å². The molecular formula is C11H14O3. The van der Waals surface area contributed by atoms with Gasteiger partial charge < -0.3 is 14.2 Å². The van der Waals surface area contributed by atoms with Crippen LogP contribution in [0.15, 0.2) is 18.2 Å². The van der Waals surface area contributed by atoms with Crippen LogP contribution in [0.4, 0.5) is 0 Å². The van der Waals surface area contributed by atoms with Gasteiger partial charge in [0, 0.05) is 5.22 Å². The molecule has 3 aliphatic rings. The van der Waals surface area contributed by atoms with Gasteiger partial charge in [-0.2, -0.15) is 0 Å². The second-order valence-electron chi connectivity index (χ2n) is 3.14. The Labute approximate surface area is 82.9 Å². The fraction of sp³-hybridized carbons (Fsp3) is 0.455. The van der Waals surface area contributed by atoms with Crippen LogP contribution in [0.1, 0.15) is 0 Å². The number of benzene rings is 1. The number of rotatable bonds is 1. The Hall–Kier alpha value is -1.06. The Balaban J connectivity index is 0.000000112. The Morgan fingerprint density at radius 3 is 1.86 bits per heavy atom. The van der Waals surface area contributed by atoms with Crippen molar-refractivity contribution in [3.63, 3.8) is 0 Å². The van der Waals surface area contributed by atoms with Crippen LogP contribution in [-0.2, 0) is 9.47 Å². The molecular weight excluding hydrogens is 180 g/mol. The Bertz CT molecular complexity index is 370. The summed E-state index contributed by atoms with van der Waals surface area (Å²) in [5, 5.41) is 2.62. The van der Waals surface area contributed by atoms with E-state index in [4.69, 9.17) is 14.2 Å². The van der Waals surface area contributed by atoms with E-state index in [0.717, 1.165) is 32.2 Å². The lowest BCUT2D eigenvalue weighted by Crippen LogP contribution is -2.16. The largest absolute Gasteiger partial charge is 0.496 e. The second kappa shape index (κ2) is 4.44. The number of hydrogen-bond donors (Lipinski definition) is 0.